The standard InChI is InChI=1S/C19H20ClN5/c1-12(2)22-19-23-16(14-7-5-9-21-11-14)10-17(25-19)24-18-13(3)6-4-8-15(18)20/h4-12H,1-3H3,(H2,22,23,24,25). The van der Waals surface area contributed by atoms with Crippen LogP contribution in [0.1, 0.15) is 19.4 Å². The summed E-state index contributed by atoms with van der Waals surface area (Å²) in [5, 5.41) is 7.23. The highest BCUT2D eigenvalue weighted by molar-refractivity contribution is 6.33. The molecule has 3 aromatic rings. The van der Waals surface area contributed by atoms with Gasteiger partial charge in [-0.25, -0.2) is 4.98 Å². The van der Waals surface area contributed by atoms with Crippen LogP contribution in [0.25, 0.3) is 11.3 Å². The van der Waals surface area contributed by atoms with Crippen LogP contribution in [-0.2, 0) is 0 Å². The predicted octanol–water partition coefficient (Wildman–Crippen LogP) is 5.06. The van der Waals surface area contributed by atoms with Crippen LogP contribution < -0.4 is 10.6 Å². The second-order valence-electron chi connectivity index (χ2n) is 6.06. The lowest BCUT2D eigenvalue weighted by Crippen LogP contribution is -2.13. The molecule has 0 amide bonds. The molecule has 2 aromatic heterocycles. The number of benzene rings is 1. The number of nitrogens with zero attached hydrogens (tertiary/aromatic N) is 3. The Kier molecular flexibility index (Phi) is 5.14. The number of para-hydroxylation sites is 1. The van der Waals surface area contributed by atoms with Gasteiger partial charge >= 0.3 is 0 Å². The molecule has 6 heteroatoms. The molecule has 5 nitrogen and oxygen atoms in total. The fourth-order valence-electron chi connectivity index (χ4n) is 2.41. The monoisotopic (exact) mass is 353 g/mol. The molecule has 3 rings (SSSR count). The molecule has 0 saturated heterocycles. The Morgan fingerprint density at radius 2 is 1.92 bits per heavy atom. The van der Waals surface area contributed by atoms with Crippen molar-refractivity contribution in [2.45, 2.75) is 26.8 Å². The first-order valence-electron chi connectivity index (χ1n) is 8.11. The van der Waals surface area contributed by atoms with Crippen molar-refractivity contribution in [3.63, 3.8) is 0 Å². The van der Waals surface area contributed by atoms with Gasteiger partial charge in [-0.3, -0.25) is 4.98 Å². The number of rotatable bonds is 5. The van der Waals surface area contributed by atoms with Crippen molar-refractivity contribution in [2.75, 3.05) is 10.6 Å². The SMILES string of the molecule is Cc1cccc(Cl)c1Nc1cc(-c2cccnc2)nc(NC(C)C)n1. The minimum absolute atomic E-state index is 0.221. The number of hydrogen-bond donors (Lipinski definition) is 2. The van der Waals surface area contributed by atoms with Gasteiger partial charge in [-0.15, -0.1) is 0 Å². The van der Waals surface area contributed by atoms with E-state index in [2.05, 4.69) is 25.6 Å². The van der Waals surface area contributed by atoms with Gasteiger partial charge in [-0.05, 0) is 44.5 Å². The Morgan fingerprint density at radius 3 is 2.60 bits per heavy atom. The smallest absolute Gasteiger partial charge is 0.225 e. The minimum Gasteiger partial charge on any atom is -0.352 e. The fraction of sp³-hybridized carbons (Fsp3) is 0.211. The molecule has 25 heavy (non-hydrogen) atoms. The van der Waals surface area contributed by atoms with E-state index in [-0.39, 0.29) is 6.04 Å². The average molecular weight is 354 g/mol. The maximum atomic E-state index is 6.33. The maximum absolute atomic E-state index is 6.33. The quantitative estimate of drug-likeness (QED) is 0.671. The number of aromatic nitrogens is 3. The topological polar surface area (TPSA) is 62.7 Å². The Labute approximate surface area is 152 Å². The molecule has 128 valence electrons. The first kappa shape index (κ1) is 17.2. The van der Waals surface area contributed by atoms with Crippen molar-refractivity contribution < 1.29 is 0 Å². The zero-order valence-corrected chi connectivity index (χ0v) is 15.2. The molecule has 0 bridgehead atoms. The zero-order valence-electron chi connectivity index (χ0n) is 14.4. The van der Waals surface area contributed by atoms with Crippen molar-refractivity contribution in [3.05, 3.63) is 59.4 Å². The molecule has 2 heterocycles. The largest absolute Gasteiger partial charge is 0.352 e. The van der Waals surface area contributed by atoms with Crippen LogP contribution in [0.15, 0.2) is 48.8 Å². The highest BCUT2D eigenvalue weighted by Crippen LogP contribution is 2.30. The molecule has 0 unspecified atom stereocenters. The molecule has 0 aliphatic heterocycles. The van der Waals surface area contributed by atoms with E-state index in [4.69, 9.17) is 11.6 Å². The molecule has 0 fully saturated rings. The van der Waals surface area contributed by atoms with Gasteiger partial charge in [0.15, 0.2) is 0 Å². The minimum atomic E-state index is 0.221. The Hall–Kier alpha value is -2.66. The maximum Gasteiger partial charge on any atom is 0.225 e. The van der Waals surface area contributed by atoms with Crippen LogP contribution in [0.4, 0.5) is 17.5 Å². The van der Waals surface area contributed by atoms with Crippen LogP contribution in [0.2, 0.25) is 5.02 Å². The van der Waals surface area contributed by atoms with Gasteiger partial charge in [0.25, 0.3) is 0 Å². The van der Waals surface area contributed by atoms with E-state index in [1.807, 2.05) is 57.2 Å². The summed E-state index contributed by atoms with van der Waals surface area (Å²) < 4.78 is 0. The number of aryl methyl sites for hydroxylation is 1. The van der Waals surface area contributed by atoms with Gasteiger partial charge in [0.05, 0.1) is 16.4 Å². The van der Waals surface area contributed by atoms with Crippen LogP contribution in [-0.4, -0.2) is 21.0 Å². The van der Waals surface area contributed by atoms with E-state index in [1.54, 1.807) is 12.4 Å². The fourth-order valence-corrected chi connectivity index (χ4v) is 2.68. The second kappa shape index (κ2) is 7.49. The van der Waals surface area contributed by atoms with E-state index >= 15 is 0 Å². The molecule has 0 atom stereocenters. The van der Waals surface area contributed by atoms with Crippen LogP contribution in [0.5, 0.6) is 0 Å². The van der Waals surface area contributed by atoms with Gasteiger partial charge in [-0.1, -0.05) is 23.7 Å². The predicted molar refractivity (Wildman–Crippen MR) is 103 cm³/mol. The number of nitrogens with one attached hydrogen (secondary N) is 2. The van der Waals surface area contributed by atoms with Crippen molar-refractivity contribution in [3.8, 4) is 11.3 Å². The first-order chi connectivity index (χ1) is 12.0. The molecular formula is C19H20ClN5. The molecule has 0 aliphatic rings. The highest BCUT2D eigenvalue weighted by Gasteiger charge is 2.10. The van der Waals surface area contributed by atoms with Crippen molar-refractivity contribution in [1.82, 2.24) is 15.0 Å². The van der Waals surface area contributed by atoms with Crippen molar-refractivity contribution in [2.24, 2.45) is 0 Å². The van der Waals surface area contributed by atoms with E-state index in [0.717, 1.165) is 22.5 Å². The van der Waals surface area contributed by atoms with Crippen molar-refractivity contribution >= 4 is 29.1 Å². The summed E-state index contributed by atoms with van der Waals surface area (Å²) in [4.78, 5) is 13.3. The highest BCUT2D eigenvalue weighted by atomic mass is 35.5. The molecule has 1 aromatic carbocycles. The van der Waals surface area contributed by atoms with Crippen LogP contribution >= 0.6 is 11.6 Å². The van der Waals surface area contributed by atoms with Gasteiger partial charge in [-0.2, -0.15) is 4.98 Å². The van der Waals surface area contributed by atoms with Gasteiger partial charge < -0.3 is 10.6 Å². The number of anilines is 3. The van der Waals surface area contributed by atoms with Gasteiger partial charge in [0.2, 0.25) is 5.95 Å². The normalized spacial score (nSPS) is 10.8. The molecule has 0 spiro atoms. The van der Waals surface area contributed by atoms with E-state index in [0.29, 0.717) is 16.8 Å². The van der Waals surface area contributed by atoms with Crippen molar-refractivity contribution in [1.29, 1.82) is 0 Å². The second-order valence-corrected chi connectivity index (χ2v) is 6.47. The summed E-state index contributed by atoms with van der Waals surface area (Å²) in [6.07, 6.45) is 3.52. The molecule has 0 aliphatic carbocycles. The third kappa shape index (κ3) is 4.25. The summed E-state index contributed by atoms with van der Waals surface area (Å²) in [5.41, 5.74) is 3.61. The summed E-state index contributed by atoms with van der Waals surface area (Å²) >= 11 is 6.33. The summed E-state index contributed by atoms with van der Waals surface area (Å²) in [6, 6.07) is 11.8. The third-order valence-corrected chi connectivity index (χ3v) is 3.89. The Balaban J connectivity index is 2.03. The summed E-state index contributed by atoms with van der Waals surface area (Å²) in [7, 11) is 0. The third-order valence-electron chi connectivity index (χ3n) is 3.58. The number of halogens is 1. The Bertz CT molecular complexity index is 845. The van der Waals surface area contributed by atoms with Crippen LogP contribution in [0, 0.1) is 6.92 Å². The first-order valence-corrected chi connectivity index (χ1v) is 8.49. The van der Waals surface area contributed by atoms with E-state index < -0.39 is 0 Å². The lowest BCUT2D eigenvalue weighted by Gasteiger charge is -2.15. The van der Waals surface area contributed by atoms with Gasteiger partial charge in [0.1, 0.15) is 5.82 Å². The zero-order chi connectivity index (χ0) is 17.8. The lowest BCUT2D eigenvalue weighted by molar-refractivity contribution is 0.876. The Morgan fingerprint density at radius 1 is 1.08 bits per heavy atom. The number of hydrogen-bond acceptors (Lipinski definition) is 5. The molecule has 0 radical (unpaired) electrons. The lowest BCUT2D eigenvalue weighted by atomic mass is 10.2. The average Bonchev–Trinajstić information content (AvgIpc) is 2.58. The number of pyridine rings is 1. The molecular weight excluding hydrogens is 334 g/mol. The molecule has 0 saturated carbocycles. The van der Waals surface area contributed by atoms with Gasteiger partial charge in [0, 0.05) is 30.1 Å². The van der Waals surface area contributed by atoms with Crippen LogP contribution in [0.3, 0.4) is 0 Å². The summed E-state index contributed by atoms with van der Waals surface area (Å²) in [6.45, 7) is 6.10. The van der Waals surface area contributed by atoms with E-state index in [9.17, 15) is 0 Å². The molecule has 2 N–H and O–H groups in total. The summed E-state index contributed by atoms with van der Waals surface area (Å²) in [5.74, 6) is 1.23. The van der Waals surface area contributed by atoms with E-state index in [1.165, 1.54) is 0 Å².